The highest BCUT2D eigenvalue weighted by atomic mass is 16.6. The van der Waals surface area contributed by atoms with Crippen molar-refractivity contribution in [1.82, 2.24) is 15.2 Å². The minimum Gasteiger partial charge on any atom is -0.444 e. The molecule has 3 atom stereocenters. The van der Waals surface area contributed by atoms with Crippen LogP contribution in [-0.4, -0.2) is 70.3 Å². The molecule has 4 rings (SSSR count). The summed E-state index contributed by atoms with van der Waals surface area (Å²) >= 11 is 0. The average Bonchev–Trinajstić information content (AvgIpc) is 3.42. The van der Waals surface area contributed by atoms with E-state index < -0.39 is 47.5 Å². The molecule has 242 valence electrons. The molecule has 1 aromatic heterocycles. The second-order valence-electron chi connectivity index (χ2n) is 12.6. The number of anilines is 2. The topological polar surface area (TPSA) is 138 Å². The number of aromatic nitrogens is 1. The first kappa shape index (κ1) is 33.8. The van der Waals surface area contributed by atoms with Gasteiger partial charge >= 0.3 is 6.09 Å². The molecule has 0 unspecified atom stereocenters. The summed E-state index contributed by atoms with van der Waals surface area (Å²) in [5.74, 6) is -1.91. The van der Waals surface area contributed by atoms with Crippen molar-refractivity contribution in [2.24, 2.45) is 5.92 Å². The number of ether oxygens (including phenoxy) is 1. The molecule has 11 heteroatoms. The SMILES string of the molecule is CC(C)[C@H](NC(=O)[C@H](C)N(C)C(=O)OC(C)(C)C)C(=O)N1c2ncccc2C[C@@H]1C(=O)Nc1ccccc1C(=O)c1ccccc1. The van der Waals surface area contributed by atoms with Crippen LogP contribution in [0.5, 0.6) is 0 Å². The molecule has 0 saturated heterocycles. The number of nitrogens with one attached hydrogen (secondary N) is 2. The zero-order chi connectivity index (χ0) is 33.8. The van der Waals surface area contributed by atoms with Crippen molar-refractivity contribution in [2.45, 2.75) is 71.7 Å². The van der Waals surface area contributed by atoms with Gasteiger partial charge in [0.1, 0.15) is 29.5 Å². The van der Waals surface area contributed by atoms with Crippen LogP contribution in [-0.2, 0) is 25.5 Å². The van der Waals surface area contributed by atoms with E-state index in [2.05, 4.69) is 15.6 Å². The lowest BCUT2D eigenvalue weighted by Gasteiger charge is -2.32. The zero-order valence-electron chi connectivity index (χ0n) is 27.2. The van der Waals surface area contributed by atoms with Crippen molar-refractivity contribution in [3.8, 4) is 0 Å². The van der Waals surface area contributed by atoms with Gasteiger partial charge in [0, 0.05) is 30.8 Å². The van der Waals surface area contributed by atoms with E-state index in [9.17, 15) is 24.0 Å². The highest BCUT2D eigenvalue weighted by molar-refractivity contribution is 6.15. The van der Waals surface area contributed by atoms with Gasteiger partial charge in [0.15, 0.2) is 5.78 Å². The molecular weight excluding hydrogens is 586 g/mol. The van der Waals surface area contributed by atoms with Crippen LogP contribution in [0.4, 0.5) is 16.3 Å². The maximum Gasteiger partial charge on any atom is 0.410 e. The first-order valence-electron chi connectivity index (χ1n) is 15.2. The summed E-state index contributed by atoms with van der Waals surface area (Å²) in [4.78, 5) is 74.3. The van der Waals surface area contributed by atoms with E-state index in [1.165, 1.54) is 30.0 Å². The Bertz CT molecular complexity index is 1620. The van der Waals surface area contributed by atoms with E-state index in [1.54, 1.807) is 95.3 Å². The Morgan fingerprint density at radius 2 is 1.59 bits per heavy atom. The molecular formula is C35H41N5O6. The minimum absolute atomic E-state index is 0.187. The van der Waals surface area contributed by atoms with E-state index in [0.717, 1.165) is 0 Å². The molecule has 4 amide bonds. The molecule has 2 N–H and O–H groups in total. The first-order chi connectivity index (χ1) is 21.7. The molecule has 1 aliphatic heterocycles. The molecule has 3 aromatic rings. The molecule has 0 spiro atoms. The summed E-state index contributed by atoms with van der Waals surface area (Å²) in [5, 5.41) is 5.66. The Labute approximate surface area is 269 Å². The van der Waals surface area contributed by atoms with Crippen LogP contribution in [0.2, 0.25) is 0 Å². The van der Waals surface area contributed by atoms with Crippen LogP contribution < -0.4 is 15.5 Å². The highest BCUT2D eigenvalue weighted by Gasteiger charge is 2.43. The zero-order valence-corrected chi connectivity index (χ0v) is 27.2. The van der Waals surface area contributed by atoms with Crippen molar-refractivity contribution in [2.75, 3.05) is 17.3 Å². The van der Waals surface area contributed by atoms with Crippen LogP contribution in [0.15, 0.2) is 72.9 Å². The second kappa shape index (κ2) is 13.9. The van der Waals surface area contributed by atoms with Crippen LogP contribution >= 0.6 is 0 Å². The summed E-state index contributed by atoms with van der Waals surface area (Å²) in [7, 11) is 1.45. The molecule has 0 radical (unpaired) electrons. The lowest BCUT2D eigenvalue weighted by Crippen LogP contribution is -2.58. The Morgan fingerprint density at radius 1 is 0.935 bits per heavy atom. The summed E-state index contributed by atoms with van der Waals surface area (Å²) in [5.41, 5.74) is 1.03. The number of pyridine rings is 1. The molecule has 2 aromatic carbocycles. The van der Waals surface area contributed by atoms with E-state index in [-0.39, 0.29) is 18.1 Å². The molecule has 0 fully saturated rings. The lowest BCUT2D eigenvalue weighted by atomic mass is 10.0. The van der Waals surface area contributed by atoms with Crippen molar-refractivity contribution < 1.29 is 28.7 Å². The number of nitrogens with zero attached hydrogens (tertiary/aromatic N) is 3. The normalized spacial score (nSPS) is 15.4. The van der Waals surface area contributed by atoms with Crippen molar-refractivity contribution in [3.05, 3.63) is 89.6 Å². The van der Waals surface area contributed by atoms with Crippen LogP contribution in [0.25, 0.3) is 0 Å². The van der Waals surface area contributed by atoms with E-state index in [0.29, 0.717) is 28.2 Å². The fourth-order valence-electron chi connectivity index (χ4n) is 5.08. The monoisotopic (exact) mass is 627 g/mol. The van der Waals surface area contributed by atoms with E-state index in [4.69, 9.17) is 4.74 Å². The number of carbonyl (C=O) groups is 5. The molecule has 11 nitrogen and oxygen atoms in total. The number of ketones is 1. The fourth-order valence-corrected chi connectivity index (χ4v) is 5.08. The summed E-state index contributed by atoms with van der Waals surface area (Å²) in [6.45, 7) is 10.3. The maximum atomic E-state index is 14.3. The second-order valence-corrected chi connectivity index (χ2v) is 12.6. The smallest absolute Gasteiger partial charge is 0.410 e. The number of amides is 4. The van der Waals surface area contributed by atoms with Gasteiger partial charge in [-0.1, -0.05) is 62.4 Å². The average molecular weight is 628 g/mol. The number of hydrogen-bond acceptors (Lipinski definition) is 7. The third-order valence-corrected chi connectivity index (χ3v) is 7.70. The number of likely N-dealkylation sites (N-methyl/N-ethyl adjacent to an activating group) is 1. The predicted octanol–water partition coefficient (Wildman–Crippen LogP) is 4.61. The standard InChI is InChI=1S/C35H41N5O6/c1-21(2)28(38-31(42)22(3)39(7)34(45)46-35(4,5)6)33(44)40-27(20-24-16-13-19-36-30(24)40)32(43)37-26-18-12-11-17-25(26)29(41)23-14-9-8-10-15-23/h8-19,21-22,27-28H,20H2,1-7H3,(H,37,43)(H,38,42)/t22-,27+,28-/m0/s1. The number of rotatable bonds is 9. The number of carbonyl (C=O) groups excluding carboxylic acids is 5. The third kappa shape index (κ3) is 7.59. The van der Waals surface area contributed by atoms with Gasteiger partial charge in [-0.2, -0.15) is 0 Å². The predicted molar refractivity (Wildman–Crippen MR) is 174 cm³/mol. The Balaban J connectivity index is 1.59. The van der Waals surface area contributed by atoms with Crippen molar-refractivity contribution >= 4 is 41.1 Å². The highest BCUT2D eigenvalue weighted by Crippen LogP contribution is 2.32. The minimum atomic E-state index is -1.04. The van der Waals surface area contributed by atoms with Crippen molar-refractivity contribution in [3.63, 3.8) is 0 Å². The largest absolute Gasteiger partial charge is 0.444 e. The number of para-hydroxylation sites is 1. The first-order valence-corrected chi connectivity index (χ1v) is 15.2. The van der Waals surface area contributed by atoms with E-state index >= 15 is 0 Å². The maximum absolute atomic E-state index is 14.3. The molecule has 0 saturated carbocycles. The summed E-state index contributed by atoms with van der Waals surface area (Å²) in [6.07, 6.45) is 1.04. The summed E-state index contributed by atoms with van der Waals surface area (Å²) in [6, 6.07) is 16.0. The van der Waals surface area contributed by atoms with Gasteiger partial charge in [-0.25, -0.2) is 9.78 Å². The Kier molecular flexibility index (Phi) is 10.2. The molecule has 2 heterocycles. The number of fused-ring (bicyclic) bond motifs is 1. The third-order valence-electron chi connectivity index (χ3n) is 7.70. The van der Waals surface area contributed by atoms with Gasteiger partial charge in [0.2, 0.25) is 11.8 Å². The fraction of sp³-hybridized carbons (Fsp3) is 0.371. The van der Waals surface area contributed by atoms with Gasteiger partial charge in [-0.3, -0.25) is 29.0 Å². The Morgan fingerprint density at radius 3 is 2.24 bits per heavy atom. The number of hydrogen-bond donors (Lipinski definition) is 2. The van der Waals surface area contributed by atoms with Crippen LogP contribution in [0, 0.1) is 5.92 Å². The lowest BCUT2D eigenvalue weighted by molar-refractivity contribution is -0.131. The van der Waals surface area contributed by atoms with Crippen LogP contribution in [0.3, 0.4) is 0 Å². The molecule has 1 aliphatic rings. The van der Waals surface area contributed by atoms with Gasteiger partial charge in [-0.15, -0.1) is 0 Å². The number of benzene rings is 2. The van der Waals surface area contributed by atoms with Gasteiger partial charge < -0.3 is 15.4 Å². The Hall–Kier alpha value is -5.06. The molecule has 46 heavy (non-hydrogen) atoms. The van der Waals surface area contributed by atoms with Gasteiger partial charge in [-0.05, 0) is 57.4 Å². The molecule has 0 bridgehead atoms. The van der Waals surface area contributed by atoms with Crippen molar-refractivity contribution in [1.29, 1.82) is 0 Å². The van der Waals surface area contributed by atoms with Crippen LogP contribution in [0.1, 0.15) is 63.0 Å². The van der Waals surface area contributed by atoms with Gasteiger partial charge in [0.25, 0.3) is 5.91 Å². The van der Waals surface area contributed by atoms with Gasteiger partial charge in [0.05, 0.1) is 5.69 Å². The summed E-state index contributed by atoms with van der Waals surface area (Å²) < 4.78 is 5.39. The quantitative estimate of drug-likeness (QED) is 0.331. The van der Waals surface area contributed by atoms with E-state index in [1.807, 2.05) is 6.07 Å². The molecule has 0 aliphatic carbocycles.